The minimum absolute atomic E-state index is 0.000360. The van der Waals surface area contributed by atoms with Gasteiger partial charge in [-0.15, -0.1) is 11.3 Å². The number of aromatic nitrogens is 1. The maximum absolute atomic E-state index is 13.7. The quantitative estimate of drug-likeness (QED) is 0.167. The third kappa shape index (κ3) is 6.86. The number of ether oxygens (including phenoxy) is 1. The van der Waals surface area contributed by atoms with Gasteiger partial charge >= 0.3 is 5.97 Å². The number of fused-ring (bicyclic) bond motifs is 1. The van der Waals surface area contributed by atoms with Crippen LogP contribution in [-0.4, -0.2) is 66.6 Å². The van der Waals surface area contributed by atoms with Gasteiger partial charge < -0.3 is 24.2 Å². The molecular weight excluding hydrogens is 615 g/mol. The number of hydrogen-bond donors (Lipinski definition) is 1. The molecule has 0 saturated carbocycles. The first-order valence-corrected chi connectivity index (χ1v) is 15.1. The Labute approximate surface area is 262 Å². The number of carbonyl (C=O) groups excluding carboxylic acids is 3. The van der Waals surface area contributed by atoms with Gasteiger partial charge in [0.25, 0.3) is 5.91 Å². The molecule has 0 spiro atoms. The molecule has 2 atom stereocenters. The van der Waals surface area contributed by atoms with Gasteiger partial charge in [-0.05, 0) is 36.6 Å². The summed E-state index contributed by atoms with van der Waals surface area (Å²) < 4.78 is 10.2. The second-order valence-corrected chi connectivity index (χ2v) is 12.1. The highest BCUT2D eigenvalue weighted by molar-refractivity contribution is 7.11. The molecule has 226 valence electrons. The Morgan fingerprint density at radius 2 is 1.98 bits per heavy atom. The van der Waals surface area contributed by atoms with E-state index < -0.39 is 5.91 Å². The third-order valence-corrected chi connectivity index (χ3v) is 9.34. The number of nitrogens with zero attached hydrogens (tertiary/aromatic N) is 3. The first-order valence-electron chi connectivity index (χ1n) is 13.5. The molecule has 1 aliphatic rings. The van der Waals surface area contributed by atoms with Gasteiger partial charge in [0.15, 0.2) is 0 Å². The lowest BCUT2D eigenvalue weighted by molar-refractivity contribution is -0.141. The van der Waals surface area contributed by atoms with Crippen LogP contribution in [-0.2, 0) is 32.0 Å². The number of hydroxylamine groups is 2. The summed E-state index contributed by atoms with van der Waals surface area (Å²) in [5.41, 5.74) is 1.82. The van der Waals surface area contributed by atoms with Crippen molar-refractivity contribution in [2.75, 3.05) is 33.1 Å². The van der Waals surface area contributed by atoms with Crippen molar-refractivity contribution in [2.45, 2.75) is 37.8 Å². The molecule has 4 aromatic rings. The number of anilines is 1. The normalized spacial score (nSPS) is 16.7. The van der Waals surface area contributed by atoms with E-state index in [4.69, 9.17) is 37.2 Å². The van der Waals surface area contributed by atoms with Gasteiger partial charge in [-0.25, -0.2) is 4.98 Å². The van der Waals surface area contributed by atoms with Crippen molar-refractivity contribution < 1.29 is 28.4 Å². The lowest BCUT2D eigenvalue weighted by Crippen LogP contribution is -2.37. The number of para-hydroxylation sites is 1. The number of furan rings is 1. The topological polar surface area (TPSA) is 114 Å². The molecule has 2 amide bonds. The summed E-state index contributed by atoms with van der Waals surface area (Å²) in [6.07, 6.45) is 4.54. The largest absolute Gasteiger partial charge is 0.469 e. The first-order chi connectivity index (χ1) is 20.7. The number of aryl methyl sites for hydroxylation is 1. The van der Waals surface area contributed by atoms with Crippen LogP contribution < -0.4 is 5.32 Å². The van der Waals surface area contributed by atoms with E-state index in [2.05, 4.69) is 10.3 Å². The highest BCUT2D eigenvalue weighted by atomic mass is 35.5. The van der Waals surface area contributed by atoms with Crippen LogP contribution in [0.5, 0.6) is 0 Å². The molecule has 2 aromatic heterocycles. The van der Waals surface area contributed by atoms with Gasteiger partial charge in [-0.3, -0.25) is 14.4 Å². The molecule has 5 rings (SSSR count). The number of hydrogen-bond acceptors (Lipinski definition) is 9. The van der Waals surface area contributed by atoms with E-state index in [0.29, 0.717) is 52.2 Å². The van der Waals surface area contributed by atoms with Crippen LogP contribution >= 0.6 is 34.5 Å². The molecule has 2 aromatic carbocycles. The van der Waals surface area contributed by atoms with Crippen LogP contribution in [0, 0.1) is 0 Å². The lowest BCUT2D eigenvalue weighted by Gasteiger charge is -2.24. The molecule has 0 unspecified atom stereocenters. The Hall–Kier alpha value is -3.48. The fourth-order valence-electron chi connectivity index (χ4n) is 5.08. The van der Waals surface area contributed by atoms with E-state index in [9.17, 15) is 14.4 Å². The molecule has 1 fully saturated rings. The zero-order valence-electron chi connectivity index (χ0n) is 23.8. The second kappa shape index (κ2) is 13.4. The van der Waals surface area contributed by atoms with E-state index in [0.717, 1.165) is 9.88 Å². The van der Waals surface area contributed by atoms with E-state index in [-0.39, 0.29) is 41.8 Å². The Kier molecular flexibility index (Phi) is 9.68. The molecule has 0 aliphatic carbocycles. The summed E-state index contributed by atoms with van der Waals surface area (Å²) in [7, 11) is 4.78. The van der Waals surface area contributed by atoms with Gasteiger partial charge in [0.05, 0.1) is 55.4 Å². The van der Waals surface area contributed by atoms with Crippen molar-refractivity contribution in [1.82, 2.24) is 14.9 Å². The van der Waals surface area contributed by atoms with E-state index in [1.165, 1.54) is 24.7 Å². The van der Waals surface area contributed by atoms with Gasteiger partial charge in [-0.2, -0.15) is 5.06 Å². The van der Waals surface area contributed by atoms with Crippen LogP contribution in [0.2, 0.25) is 10.0 Å². The van der Waals surface area contributed by atoms with Gasteiger partial charge in [-0.1, -0.05) is 41.4 Å². The van der Waals surface area contributed by atoms with Crippen molar-refractivity contribution in [3.63, 3.8) is 0 Å². The zero-order chi connectivity index (χ0) is 30.7. The Bertz CT molecular complexity index is 1660. The lowest BCUT2D eigenvalue weighted by atomic mass is 10.1. The van der Waals surface area contributed by atoms with E-state index >= 15 is 0 Å². The van der Waals surface area contributed by atoms with Crippen molar-refractivity contribution in [3.05, 3.63) is 79.9 Å². The minimum Gasteiger partial charge on any atom is -0.469 e. The summed E-state index contributed by atoms with van der Waals surface area (Å²) in [4.78, 5) is 51.0. The maximum Gasteiger partial charge on any atom is 0.305 e. The van der Waals surface area contributed by atoms with Crippen molar-refractivity contribution in [3.8, 4) is 0 Å². The summed E-state index contributed by atoms with van der Waals surface area (Å²) in [6, 6.07) is 10.1. The van der Waals surface area contributed by atoms with Crippen LogP contribution in [0.15, 0.2) is 53.3 Å². The highest BCUT2D eigenvalue weighted by Gasteiger charge is 2.40. The third-order valence-electron chi connectivity index (χ3n) is 7.51. The zero-order valence-corrected chi connectivity index (χ0v) is 26.1. The van der Waals surface area contributed by atoms with Crippen molar-refractivity contribution >= 4 is 69.0 Å². The number of nitrogens with one attached hydrogen (secondary N) is 1. The number of methoxy groups -OCH3 is 1. The predicted molar refractivity (Wildman–Crippen MR) is 164 cm³/mol. The number of thiazole rings is 1. The number of carbonyl (C=O) groups is 3. The number of amides is 2. The summed E-state index contributed by atoms with van der Waals surface area (Å²) in [5, 5.41) is 6.54. The second-order valence-electron chi connectivity index (χ2n) is 10.1. The summed E-state index contributed by atoms with van der Waals surface area (Å²) >= 11 is 14.6. The molecule has 1 saturated heterocycles. The molecule has 0 radical (unpaired) electrons. The Morgan fingerprint density at radius 3 is 2.74 bits per heavy atom. The van der Waals surface area contributed by atoms with Crippen molar-refractivity contribution in [1.29, 1.82) is 0 Å². The van der Waals surface area contributed by atoms with Gasteiger partial charge in [0.2, 0.25) is 5.91 Å². The number of rotatable bonds is 10. The monoisotopic (exact) mass is 644 g/mol. The van der Waals surface area contributed by atoms with E-state index in [1.54, 1.807) is 47.5 Å². The molecule has 10 nitrogen and oxygen atoms in total. The fourth-order valence-corrected chi connectivity index (χ4v) is 6.59. The molecular formula is C30H30Cl2N4O6S. The summed E-state index contributed by atoms with van der Waals surface area (Å²) in [6.45, 7) is 0.434. The van der Waals surface area contributed by atoms with E-state index in [1.807, 2.05) is 19.2 Å². The smallest absolute Gasteiger partial charge is 0.305 e. The Morgan fingerprint density at radius 1 is 1.19 bits per heavy atom. The molecule has 43 heavy (non-hydrogen) atoms. The van der Waals surface area contributed by atoms with Crippen LogP contribution in [0.25, 0.3) is 11.0 Å². The average molecular weight is 646 g/mol. The average Bonchev–Trinajstić information content (AvgIpc) is 3.76. The first kappa shape index (κ1) is 31.0. The highest BCUT2D eigenvalue weighted by Crippen LogP contribution is 2.38. The van der Waals surface area contributed by atoms with Crippen LogP contribution in [0.4, 0.5) is 5.69 Å². The SMILES string of the molecule is COC(=O)CCc1cnc([C@@H]2C[C@H](N(C)OC)CN2C(=O)Cc2cc(Cl)c(NC(=O)c3coc4ccccc34)cc2Cl)s1. The van der Waals surface area contributed by atoms with Gasteiger partial charge in [0.1, 0.15) is 16.9 Å². The number of halogens is 2. The Balaban J connectivity index is 1.32. The number of esters is 1. The summed E-state index contributed by atoms with van der Waals surface area (Å²) in [5.74, 6) is -0.831. The molecule has 1 N–H and O–H groups in total. The number of benzene rings is 2. The standard InChI is InChI=1S/C30H30Cl2N4O6S/c1-35(41-3)18-12-25(30-33-14-19(43-30)8-9-28(38)40-2)36(15-18)27(37)11-17-10-23(32)24(13-22(17)31)34-29(39)21-16-42-26-7-5-4-6-20(21)26/h4-7,10,13-14,16,18,25H,8-9,11-12,15H2,1-3H3,(H,34,39)/t18-,25-/m0/s1. The molecule has 13 heteroatoms. The van der Waals surface area contributed by atoms with Crippen molar-refractivity contribution in [2.24, 2.45) is 0 Å². The molecule has 0 bridgehead atoms. The minimum atomic E-state index is -0.394. The van der Waals surface area contributed by atoms with Gasteiger partial charge in [0, 0.05) is 35.1 Å². The fraction of sp³-hybridized carbons (Fsp3) is 0.333. The van der Waals surface area contributed by atoms with Crippen LogP contribution in [0.3, 0.4) is 0 Å². The maximum atomic E-state index is 13.7. The predicted octanol–water partition coefficient (Wildman–Crippen LogP) is 5.93. The number of likely N-dealkylation sites (tertiary alicyclic amines) is 1. The molecule has 3 heterocycles. The number of likely N-dealkylation sites (N-methyl/N-ethyl adjacent to an activating group) is 1. The molecule has 1 aliphatic heterocycles. The van der Waals surface area contributed by atoms with Crippen LogP contribution in [0.1, 0.15) is 44.7 Å².